The fourth-order valence-electron chi connectivity index (χ4n) is 2.09. The van der Waals surface area contributed by atoms with Crippen LogP contribution >= 0.6 is 11.6 Å². The van der Waals surface area contributed by atoms with Gasteiger partial charge in [-0.25, -0.2) is 0 Å². The van der Waals surface area contributed by atoms with Crippen molar-refractivity contribution in [2.24, 2.45) is 0 Å². The van der Waals surface area contributed by atoms with Gasteiger partial charge in [0.15, 0.2) is 11.5 Å². The lowest BCUT2D eigenvalue weighted by Gasteiger charge is -2.15. The molecule has 0 saturated heterocycles. The van der Waals surface area contributed by atoms with E-state index in [0.717, 1.165) is 18.4 Å². The molecule has 0 bridgehead atoms. The van der Waals surface area contributed by atoms with Crippen LogP contribution < -0.4 is 14.2 Å². The number of aliphatic hydroxyl groups is 1. The van der Waals surface area contributed by atoms with Gasteiger partial charge in [-0.2, -0.15) is 0 Å². The molecule has 1 N–H and O–H groups in total. The standard InChI is InChI=1S/C12H13ClO4/c1-15-10-7(5-12(14)2-3-12)11-9(4-8(10)13)16-6-17-11/h4,14H,2-3,5-6H2,1H3. The van der Waals surface area contributed by atoms with E-state index in [1.54, 1.807) is 13.2 Å². The van der Waals surface area contributed by atoms with Gasteiger partial charge in [0.1, 0.15) is 5.75 Å². The predicted molar refractivity (Wildman–Crippen MR) is 62.0 cm³/mol. The van der Waals surface area contributed by atoms with Gasteiger partial charge < -0.3 is 19.3 Å². The average molecular weight is 257 g/mol. The van der Waals surface area contributed by atoms with Crippen LogP contribution in [0.15, 0.2) is 6.07 Å². The first kappa shape index (κ1) is 11.0. The van der Waals surface area contributed by atoms with Crippen molar-refractivity contribution in [1.82, 2.24) is 0 Å². The first-order valence-corrected chi connectivity index (χ1v) is 5.88. The number of halogens is 1. The molecular weight excluding hydrogens is 244 g/mol. The van der Waals surface area contributed by atoms with E-state index >= 15 is 0 Å². The molecule has 2 aliphatic rings. The van der Waals surface area contributed by atoms with Crippen molar-refractivity contribution < 1.29 is 19.3 Å². The van der Waals surface area contributed by atoms with Crippen molar-refractivity contribution in [1.29, 1.82) is 0 Å². The van der Waals surface area contributed by atoms with Crippen LogP contribution in [0.5, 0.6) is 17.2 Å². The van der Waals surface area contributed by atoms with E-state index in [1.807, 2.05) is 0 Å². The van der Waals surface area contributed by atoms with Crippen LogP contribution in [0.1, 0.15) is 18.4 Å². The number of methoxy groups -OCH3 is 1. The van der Waals surface area contributed by atoms with Crippen molar-refractivity contribution in [3.05, 3.63) is 16.7 Å². The smallest absolute Gasteiger partial charge is 0.231 e. The Bertz CT molecular complexity index is 464. The van der Waals surface area contributed by atoms with Crippen LogP contribution in [0, 0.1) is 0 Å². The molecule has 0 atom stereocenters. The molecule has 1 saturated carbocycles. The Kier molecular flexibility index (Phi) is 2.38. The molecule has 0 spiro atoms. The Labute approximate surface area is 104 Å². The maximum Gasteiger partial charge on any atom is 0.231 e. The van der Waals surface area contributed by atoms with Crippen LogP contribution in [0.4, 0.5) is 0 Å². The van der Waals surface area contributed by atoms with Gasteiger partial charge in [-0.3, -0.25) is 0 Å². The number of benzene rings is 1. The molecule has 4 nitrogen and oxygen atoms in total. The molecular formula is C12H13ClO4. The van der Waals surface area contributed by atoms with Crippen molar-refractivity contribution >= 4 is 11.6 Å². The lowest BCUT2D eigenvalue weighted by Crippen LogP contribution is -2.12. The molecule has 1 aromatic rings. The summed E-state index contributed by atoms with van der Waals surface area (Å²) in [6.07, 6.45) is 2.10. The van der Waals surface area contributed by atoms with Gasteiger partial charge in [-0.05, 0) is 12.8 Å². The zero-order chi connectivity index (χ0) is 12.0. The number of hydrogen-bond acceptors (Lipinski definition) is 4. The lowest BCUT2D eigenvalue weighted by molar-refractivity contribution is 0.146. The van der Waals surface area contributed by atoms with E-state index in [1.165, 1.54) is 0 Å². The quantitative estimate of drug-likeness (QED) is 0.900. The third kappa shape index (κ3) is 1.81. The van der Waals surface area contributed by atoms with Gasteiger partial charge in [0, 0.05) is 18.1 Å². The summed E-state index contributed by atoms with van der Waals surface area (Å²) < 4.78 is 16.0. The molecule has 17 heavy (non-hydrogen) atoms. The lowest BCUT2D eigenvalue weighted by atomic mass is 10.0. The highest BCUT2D eigenvalue weighted by molar-refractivity contribution is 6.32. The Morgan fingerprint density at radius 3 is 2.88 bits per heavy atom. The minimum Gasteiger partial charge on any atom is -0.495 e. The van der Waals surface area contributed by atoms with Crippen molar-refractivity contribution in [2.75, 3.05) is 13.9 Å². The molecule has 0 radical (unpaired) electrons. The Hall–Kier alpha value is -1.13. The highest BCUT2D eigenvalue weighted by Gasteiger charge is 2.42. The van der Waals surface area contributed by atoms with E-state index in [2.05, 4.69) is 0 Å². The number of rotatable bonds is 3. The molecule has 0 amide bonds. The van der Waals surface area contributed by atoms with Gasteiger partial charge in [-0.1, -0.05) is 11.6 Å². The highest BCUT2D eigenvalue weighted by atomic mass is 35.5. The minimum absolute atomic E-state index is 0.185. The fourth-order valence-corrected chi connectivity index (χ4v) is 2.38. The number of fused-ring (bicyclic) bond motifs is 1. The summed E-state index contributed by atoms with van der Waals surface area (Å²) in [5, 5.41) is 10.5. The molecule has 1 heterocycles. The van der Waals surface area contributed by atoms with E-state index in [4.69, 9.17) is 25.8 Å². The number of ether oxygens (including phenoxy) is 3. The third-order valence-electron chi connectivity index (χ3n) is 3.20. The monoisotopic (exact) mass is 256 g/mol. The molecule has 92 valence electrons. The van der Waals surface area contributed by atoms with Crippen LogP contribution in [0.25, 0.3) is 0 Å². The third-order valence-corrected chi connectivity index (χ3v) is 3.48. The highest BCUT2D eigenvalue weighted by Crippen LogP contribution is 2.49. The van der Waals surface area contributed by atoms with E-state index in [0.29, 0.717) is 28.7 Å². The Morgan fingerprint density at radius 2 is 2.24 bits per heavy atom. The molecule has 5 heteroatoms. The summed E-state index contributed by atoms with van der Waals surface area (Å²) in [6.45, 7) is 0.185. The molecule has 3 rings (SSSR count). The molecule has 0 unspecified atom stereocenters. The molecule has 1 aromatic carbocycles. The van der Waals surface area contributed by atoms with Crippen LogP contribution in [0.2, 0.25) is 5.02 Å². The van der Waals surface area contributed by atoms with Crippen molar-refractivity contribution in [2.45, 2.75) is 24.9 Å². The summed E-state index contributed by atoms with van der Waals surface area (Å²) in [5.41, 5.74) is 0.171. The van der Waals surface area contributed by atoms with Crippen molar-refractivity contribution in [3.8, 4) is 17.2 Å². The topological polar surface area (TPSA) is 47.9 Å². The summed E-state index contributed by atoms with van der Waals surface area (Å²) in [5.74, 6) is 1.83. The van der Waals surface area contributed by atoms with Crippen LogP contribution in [-0.4, -0.2) is 24.6 Å². The van der Waals surface area contributed by atoms with Crippen LogP contribution in [-0.2, 0) is 6.42 Å². The molecule has 0 aromatic heterocycles. The van der Waals surface area contributed by atoms with Gasteiger partial charge >= 0.3 is 0 Å². The Balaban J connectivity index is 2.09. The minimum atomic E-state index is -0.627. The van der Waals surface area contributed by atoms with Gasteiger partial charge in [0.05, 0.1) is 17.7 Å². The van der Waals surface area contributed by atoms with E-state index < -0.39 is 5.60 Å². The van der Waals surface area contributed by atoms with Crippen molar-refractivity contribution in [3.63, 3.8) is 0 Å². The normalized spacial score (nSPS) is 19.2. The zero-order valence-corrected chi connectivity index (χ0v) is 10.2. The second kappa shape index (κ2) is 3.68. The first-order chi connectivity index (χ1) is 8.13. The fraction of sp³-hybridized carbons (Fsp3) is 0.500. The summed E-state index contributed by atoms with van der Waals surface area (Å²) in [6, 6.07) is 1.68. The first-order valence-electron chi connectivity index (χ1n) is 5.50. The number of hydrogen-bond donors (Lipinski definition) is 1. The van der Waals surface area contributed by atoms with Gasteiger partial charge in [-0.15, -0.1) is 0 Å². The average Bonchev–Trinajstić information content (AvgIpc) is 2.84. The van der Waals surface area contributed by atoms with Gasteiger partial charge in [0.25, 0.3) is 0 Å². The zero-order valence-electron chi connectivity index (χ0n) is 9.46. The van der Waals surface area contributed by atoms with E-state index in [-0.39, 0.29) is 6.79 Å². The summed E-state index contributed by atoms with van der Waals surface area (Å²) in [7, 11) is 1.56. The maximum absolute atomic E-state index is 10.0. The SMILES string of the molecule is COc1c(Cl)cc2c(c1CC1(O)CC1)OCO2. The Morgan fingerprint density at radius 1 is 1.47 bits per heavy atom. The summed E-state index contributed by atoms with van der Waals surface area (Å²) >= 11 is 6.12. The summed E-state index contributed by atoms with van der Waals surface area (Å²) in [4.78, 5) is 0. The van der Waals surface area contributed by atoms with Gasteiger partial charge in [0.2, 0.25) is 6.79 Å². The second-order valence-electron chi connectivity index (χ2n) is 4.51. The molecule has 1 fully saturated rings. The second-order valence-corrected chi connectivity index (χ2v) is 4.91. The molecule has 1 aliphatic heterocycles. The van der Waals surface area contributed by atoms with E-state index in [9.17, 15) is 5.11 Å². The maximum atomic E-state index is 10.0. The largest absolute Gasteiger partial charge is 0.495 e. The predicted octanol–water partition coefficient (Wildman–Crippen LogP) is 2.14. The molecule has 1 aliphatic carbocycles. The van der Waals surface area contributed by atoms with Crippen LogP contribution in [0.3, 0.4) is 0 Å².